The smallest absolute Gasteiger partial charge is 0.179 e. The van der Waals surface area contributed by atoms with Gasteiger partial charge in [-0.15, -0.1) is 0 Å². The highest BCUT2D eigenvalue weighted by Crippen LogP contribution is 2.13. The molecule has 0 atom stereocenters. The number of allylic oxidation sites excluding steroid dienone is 1. The number of benzene rings is 2. The normalized spacial score (nSPS) is 12.1. The highest BCUT2D eigenvalue weighted by atomic mass is 79.9. The van der Waals surface area contributed by atoms with Crippen LogP contribution >= 0.6 is 31.9 Å². The standard InChI is InChI=1S/C18H14Br2O3S/c19-16-6-1-14(2-7-16)5-10-18(21)13-24(22,23)12-11-15-3-8-17(20)9-4-15/h1-12H,13H2/b10-5?,12-11+. The zero-order chi connectivity index (χ0) is 17.6. The van der Waals surface area contributed by atoms with Crippen LogP contribution in [0.2, 0.25) is 0 Å². The predicted molar refractivity (Wildman–Crippen MR) is 105 cm³/mol. The predicted octanol–water partition coefficient (Wildman–Crippen LogP) is 4.88. The molecule has 124 valence electrons. The van der Waals surface area contributed by atoms with Crippen LogP contribution in [0.15, 0.2) is 69.0 Å². The Morgan fingerprint density at radius 3 is 1.79 bits per heavy atom. The lowest BCUT2D eigenvalue weighted by atomic mass is 10.2. The fraction of sp³-hybridized carbons (Fsp3) is 0.0556. The molecule has 3 nitrogen and oxygen atoms in total. The molecule has 0 saturated heterocycles. The number of carbonyl (C=O) groups is 1. The molecule has 0 radical (unpaired) electrons. The first kappa shape index (κ1) is 18.8. The van der Waals surface area contributed by atoms with Gasteiger partial charge in [-0.3, -0.25) is 4.79 Å². The first-order valence-corrected chi connectivity index (χ1v) is 10.3. The number of carbonyl (C=O) groups excluding carboxylic acids is 1. The van der Waals surface area contributed by atoms with Gasteiger partial charge >= 0.3 is 0 Å². The second kappa shape index (κ2) is 8.55. The molecular formula is C18H14Br2O3S. The van der Waals surface area contributed by atoms with E-state index < -0.39 is 21.4 Å². The number of ketones is 1. The second-order valence-corrected chi connectivity index (χ2v) is 8.73. The number of halogens is 2. The van der Waals surface area contributed by atoms with E-state index in [1.807, 2.05) is 36.4 Å². The van der Waals surface area contributed by atoms with Crippen LogP contribution in [0.3, 0.4) is 0 Å². The van der Waals surface area contributed by atoms with Gasteiger partial charge in [-0.05, 0) is 47.5 Å². The summed E-state index contributed by atoms with van der Waals surface area (Å²) in [5.74, 6) is -1.01. The van der Waals surface area contributed by atoms with Gasteiger partial charge in [0, 0.05) is 14.4 Å². The zero-order valence-electron chi connectivity index (χ0n) is 12.5. The van der Waals surface area contributed by atoms with Crippen LogP contribution in [-0.4, -0.2) is 20.0 Å². The van der Waals surface area contributed by atoms with E-state index in [1.165, 1.54) is 12.2 Å². The van der Waals surface area contributed by atoms with E-state index >= 15 is 0 Å². The molecule has 0 aliphatic carbocycles. The summed E-state index contributed by atoms with van der Waals surface area (Å²) in [6, 6.07) is 14.6. The summed E-state index contributed by atoms with van der Waals surface area (Å²) in [5, 5.41) is 1.07. The van der Waals surface area contributed by atoms with Crippen LogP contribution in [0.4, 0.5) is 0 Å². The Labute approximate surface area is 158 Å². The fourth-order valence-electron chi connectivity index (χ4n) is 1.81. The molecule has 2 aromatic rings. The Morgan fingerprint density at radius 1 is 0.833 bits per heavy atom. The van der Waals surface area contributed by atoms with E-state index in [2.05, 4.69) is 31.9 Å². The highest BCUT2D eigenvalue weighted by molar-refractivity contribution is 9.10. The van der Waals surface area contributed by atoms with Crippen LogP contribution in [0.25, 0.3) is 12.2 Å². The van der Waals surface area contributed by atoms with Crippen molar-refractivity contribution in [2.45, 2.75) is 0 Å². The van der Waals surface area contributed by atoms with Crippen molar-refractivity contribution in [3.63, 3.8) is 0 Å². The summed E-state index contributed by atoms with van der Waals surface area (Å²) < 4.78 is 25.8. The van der Waals surface area contributed by atoms with E-state index in [1.54, 1.807) is 18.2 Å². The number of sulfone groups is 1. The van der Waals surface area contributed by atoms with Gasteiger partial charge in [0.25, 0.3) is 0 Å². The third kappa shape index (κ3) is 6.55. The number of hydrogen-bond acceptors (Lipinski definition) is 3. The lowest BCUT2D eigenvalue weighted by Crippen LogP contribution is -2.11. The molecule has 0 unspecified atom stereocenters. The molecule has 2 aromatic carbocycles. The highest BCUT2D eigenvalue weighted by Gasteiger charge is 2.11. The maximum absolute atomic E-state index is 12.0. The van der Waals surface area contributed by atoms with E-state index in [0.717, 1.165) is 25.5 Å². The van der Waals surface area contributed by atoms with Crippen molar-refractivity contribution in [1.82, 2.24) is 0 Å². The Morgan fingerprint density at radius 2 is 1.29 bits per heavy atom. The Balaban J connectivity index is 1.98. The van der Waals surface area contributed by atoms with Crippen LogP contribution < -0.4 is 0 Å². The van der Waals surface area contributed by atoms with Gasteiger partial charge in [-0.2, -0.15) is 0 Å². The molecule has 0 amide bonds. The summed E-state index contributed by atoms with van der Waals surface area (Å²) in [5.41, 5.74) is 1.58. The third-order valence-corrected chi connectivity index (χ3v) is 5.31. The fourth-order valence-corrected chi connectivity index (χ4v) is 3.30. The largest absolute Gasteiger partial charge is 0.294 e. The minimum Gasteiger partial charge on any atom is -0.294 e. The van der Waals surface area contributed by atoms with Gasteiger partial charge < -0.3 is 0 Å². The molecule has 24 heavy (non-hydrogen) atoms. The zero-order valence-corrected chi connectivity index (χ0v) is 16.5. The average molecular weight is 470 g/mol. The number of hydrogen-bond donors (Lipinski definition) is 0. The van der Waals surface area contributed by atoms with Crippen molar-refractivity contribution < 1.29 is 13.2 Å². The van der Waals surface area contributed by atoms with Gasteiger partial charge in [-0.25, -0.2) is 8.42 Å². The first-order chi connectivity index (χ1) is 11.3. The van der Waals surface area contributed by atoms with Gasteiger partial charge in [0.05, 0.1) is 0 Å². The molecule has 6 heteroatoms. The molecule has 0 heterocycles. The van der Waals surface area contributed by atoms with E-state index in [-0.39, 0.29) is 0 Å². The lowest BCUT2D eigenvalue weighted by molar-refractivity contribution is -0.112. The van der Waals surface area contributed by atoms with Crippen LogP contribution in [-0.2, 0) is 14.6 Å². The maximum atomic E-state index is 12.0. The summed E-state index contributed by atoms with van der Waals surface area (Å²) >= 11 is 6.64. The average Bonchev–Trinajstić information content (AvgIpc) is 2.53. The summed E-state index contributed by atoms with van der Waals surface area (Å²) in [6.07, 6.45) is 4.37. The molecule has 2 rings (SSSR count). The van der Waals surface area contributed by atoms with E-state index in [4.69, 9.17) is 0 Å². The lowest BCUT2D eigenvalue weighted by Gasteiger charge is -1.97. The molecular weight excluding hydrogens is 456 g/mol. The van der Waals surface area contributed by atoms with Crippen molar-refractivity contribution in [2.75, 3.05) is 5.75 Å². The Bertz CT molecular complexity index is 865. The van der Waals surface area contributed by atoms with Gasteiger partial charge in [0.2, 0.25) is 0 Å². The molecule has 0 aliphatic heterocycles. The van der Waals surface area contributed by atoms with Crippen molar-refractivity contribution in [2.24, 2.45) is 0 Å². The molecule has 0 N–H and O–H groups in total. The SMILES string of the molecule is O=C(C=Cc1ccc(Br)cc1)CS(=O)(=O)/C=C/c1ccc(Br)cc1. The molecule has 0 fully saturated rings. The van der Waals surface area contributed by atoms with Crippen molar-refractivity contribution in [3.05, 3.63) is 80.1 Å². The number of rotatable bonds is 6. The molecule has 0 spiro atoms. The minimum absolute atomic E-state index is 0.460. The Kier molecular flexibility index (Phi) is 6.71. The van der Waals surface area contributed by atoms with Crippen molar-refractivity contribution >= 4 is 59.6 Å². The van der Waals surface area contributed by atoms with Crippen LogP contribution in [0, 0.1) is 0 Å². The summed E-state index contributed by atoms with van der Waals surface area (Å²) in [4.78, 5) is 11.8. The van der Waals surface area contributed by atoms with E-state index in [9.17, 15) is 13.2 Å². The Hall–Kier alpha value is -1.50. The molecule has 0 aliphatic rings. The van der Waals surface area contributed by atoms with Crippen LogP contribution in [0.1, 0.15) is 11.1 Å². The quantitative estimate of drug-likeness (QED) is 0.566. The molecule has 0 aromatic heterocycles. The maximum Gasteiger partial charge on any atom is 0.179 e. The van der Waals surface area contributed by atoms with Gasteiger partial charge in [0.1, 0.15) is 5.75 Å². The van der Waals surface area contributed by atoms with Gasteiger partial charge in [0.15, 0.2) is 15.6 Å². The molecule has 0 bridgehead atoms. The molecule has 0 saturated carbocycles. The summed E-state index contributed by atoms with van der Waals surface area (Å²) in [7, 11) is -3.60. The third-order valence-electron chi connectivity index (χ3n) is 3.01. The van der Waals surface area contributed by atoms with Gasteiger partial charge in [-0.1, -0.05) is 62.2 Å². The van der Waals surface area contributed by atoms with Crippen molar-refractivity contribution in [3.8, 4) is 0 Å². The second-order valence-electron chi connectivity index (χ2n) is 5.01. The van der Waals surface area contributed by atoms with Crippen LogP contribution in [0.5, 0.6) is 0 Å². The first-order valence-electron chi connectivity index (χ1n) is 6.97. The summed E-state index contributed by atoms with van der Waals surface area (Å²) in [6.45, 7) is 0. The topological polar surface area (TPSA) is 51.2 Å². The van der Waals surface area contributed by atoms with E-state index in [0.29, 0.717) is 0 Å². The monoisotopic (exact) mass is 468 g/mol. The minimum atomic E-state index is -3.60. The van der Waals surface area contributed by atoms with Crippen molar-refractivity contribution in [1.29, 1.82) is 0 Å².